The highest BCUT2D eigenvalue weighted by Gasteiger charge is 2.10. The van der Waals surface area contributed by atoms with Crippen LogP contribution in [0, 0.1) is 11.8 Å². The van der Waals surface area contributed by atoms with Crippen LogP contribution in [0.1, 0.15) is 40.5 Å². The predicted octanol–water partition coefficient (Wildman–Crippen LogP) is 3.78. The fraction of sp³-hybridized carbons (Fsp3) is 0.909. The fourth-order valence-electron chi connectivity index (χ4n) is 1.47. The molecule has 0 nitrogen and oxygen atoms in total. The Morgan fingerprint density at radius 2 is 1.83 bits per heavy atom. The van der Waals surface area contributed by atoms with Crippen LogP contribution in [0.4, 0.5) is 0 Å². The molecule has 0 saturated heterocycles. The molecule has 0 heterocycles. The summed E-state index contributed by atoms with van der Waals surface area (Å²) in [6, 6.07) is 0. The van der Waals surface area contributed by atoms with Gasteiger partial charge in [-0.3, -0.25) is 0 Å². The zero-order chi connectivity index (χ0) is 9.56. The van der Waals surface area contributed by atoms with E-state index in [4.69, 9.17) is 0 Å². The van der Waals surface area contributed by atoms with E-state index in [0.717, 1.165) is 11.8 Å². The van der Waals surface area contributed by atoms with Gasteiger partial charge in [0.2, 0.25) is 0 Å². The normalized spacial score (nSPS) is 16.4. The van der Waals surface area contributed by atoms with Gasteiger partial charge in [0, 0.05) is 0 Å². The molecule has 0 aliphatic rings. The second-order valence-corrected chi connectivity index (χ2v) is 6.02. The van der Waals surface area contributed by atoms with Crippen LogP contribution in [0.2, 0.25) is 0 Å². The monoisotopic (exact) mass is 188 g/mol. The van der Waals surface area contributed by atoms with Crippen LogP contribution in [0.25, 0.3) is 0 Å². The molecular formula is C11H24S. The number of hydrogen-bond acceptors (Lipinski definition) is 0. The molecule has 0 aromatic carbocycles. The Hall–Kier alpha value is 0.220. The third kappa shape index (κ3) is 4.97. The van der Waals surface area contributed by atoms with E-state index >= 15 is 0 Å². The summed E-state index contributed by atoms with van der Waals surface area (Å²) >= 11 is 0. The van der Waals surface area contributed by atoms with Gasteiger partial charge in [0.1, 0.15) is 0 Å². The van der Waals surface area contributed by atoms with E-state index in [1.165, 1.54) is 24.3 Å². The quantitative estimate of drug-likeness (QED) is 0.557. The van der Waals surface area contributed by atoms with Crippen LogP contribution in [-0.2, 0) is 0 Å². The van der Waals surface area contributed by atoms with Gasteiger partial charge >= 0.3 is 0 Å². The maximum Gasteiger partial charge on any atom is -0.0120 e. The van der Waals surface area contributed by atoms with E-state index in [2.05, 4.69) is 33.6 Å². The van der Waals surface area contributed by atoms with Crippen LogP contribution in [-0.4, -0.2) is 17.4 Å². The van der Waals surface area contributed by atoms with Gasteiger partial charge in [0.25, 0.3) is 0 Å². The maximum absolute atomic E-state index is 4.15. The van der Waals surface area contributed by atoms with Crippen LogP contribution < -0.4 is 0 Å². The van der Waals surface area contributed by atoms with Gasteiger partial charge in [-0.1, -0.05) is 40.0 Å². The minimum atomic E-state index is 0.434. The molecule has 0 rings (SSSR count). The summed E-state index contributed by atoms with van der Waals surface area (Å²) in [7, 11) is 0.434. The Morgan fingerprint density at radius 1 is 1.25 bits per heavy atom. The fourth-order valence-corrected chi connectivity index (χ4v) is 2.40. The van der Waals surface area contributed by atoms with E-state index < -0.39 is 0 Å². The van der Waals surface area contributed by atoms with Crippen molar-refractivity contribution in [3.05, 3.63) is 0 Å². The third-order valence-corrected chi connectivity index (χ3v) is 4.28. The van der Waals surface area contributed by atoms with E-state index in [1.807, 2.05) is 0 Å². The average Bonchev–Trinajstić information content (AvgIpc) is 2.04. The lowest BCUT2D eigenvalue weighted by atomic mass is 9.91. The summed E-state index contributed by atoms with van der Waals surface area (Å²) in [5, 5.41) is 0. The number of rotatable bonds is 6. The molecule has 0 aromatic heterocycles. The van der Waals surface area contributed by atoms with Crippen LogP contribution >= 0.6 is 10.5 Å². The van der Waals surface area contributed by atoms with Gasteiger partial charge in [0.05, 0.1) is 0 Å². The van der Waals surface area contributed by atoms with E-state index in [9.17, 15) is 0 Å². The first kappa shape index (κ1) is 12.2. The summed E-state index contributed by atoms with van der Waals surface area (Å²) in [5.74, 6) is 8.52. The molecule has 0 spiro atoms. The van der Waals surface area contributed by atoms with Crippen molar-refractivity contribution < 1.29 is 0 Å². The van der Waals surface area contributed by atoms with Crippen molar-refractivity contribution in [2.75, 3.05) is 11.5 Å². The van der Waals surface area contributed by atoms with Crippen molar-refractivity contribution in [1.29, 1.82) is 0 Å². The van der Waals surface area contributed by atoms with Crippen molar-refractivity contribution in [2.45, 2.75) is 40.5 Å². The molecule has 0 bridgehead atoms. The Kier molecular flexibility index (Phi) is 6.83. The largest absolute Gasteiger partial charge is 0.193 e. The Bertz CT molecular complexity index is 127. The van der Waals surface area contributed by atoms with Crippen molar-refractivity contribution in [3.63, 3.8) is 0 Å². The van der Waals surface area contributed by atoms with Gasteiger partial charge in [0.15, 0.2) is 0 Å². The zero-order valence-electron chi connectivity index (χ0n) is 9.10. The molecule has 2 unspecified atom stereocenters. The first-order valence-corrected chi connectivity index (χ1v) is 6.82. The van der Waals surface area contributed by atoms with Crippen molar-refractivity contribution in [3.8, 4) is 0 Å². The first-order chi connectivity index (χ1) is 5.61. The molecule has 0 N–H and O–H groups in total. The molecule has 0 aliphatic carbocycles. The standard InChI is InChI=1S/C11H24S/c1-6-11(10(3)4)8-9-12(5)7-2/h10-11H,5-9H2,1-4H3. The molecule has 0 radical (unpaired) electrons. The van der Waals surface area contributed by atoms with Crippen LogP contribution in [0.15, 0.2) is 0 Å². The molecular weight excluding hydrogens is 164 g/mol. The topological polar surface area (TPSA) is 0 Å². The molecule has 0 fully saturated rings. The molecule has 0 aliphatic heterocycles. The summed E-state index contributed by atoms with van der Waals surface area (Å²) in [5.41, 5.74) is 0. The highest BCUT2D eigenvalue weighted by molar-refractivity contribution is 8.14. The van der Waals surface area contributed by atoms with E-state index in [1.54, 1.807) is 0 Å². The average molecular weight is 188 g/mol. The minimum absolute atomic E-state index is 0.434. The van der Waals surface area contributed by atoms with Gasteiger partial charge < -0.3 is 0 Å². The summed E-state index contributed by atoms with van der Waals surface area (Å²) in [6.07, 6.45) is 2.72. The van der Waals surface area contributed by atoms with E-state index in [-0.39, 0.29) is 0 Å². The van der Waals surface area contributed by atoms with Crippen LogP contribution in [0.3, 0.4) is 0 Å². The second-order valence-electron chi connectivity index (χ2n) is 3.81. The highest BCUT2D eigenvalue weighted by atomic mass is 32.2. The molecule has 0 amide bonds. The lowest BCUT2D eigenvalue weighted by Gasteiger charge is -2.19. The zero-order valence-corrected chi connectivity index (χ0v) is 9.91. The van der Waals surface area contributed by atoms with E-state index in [0.29, 0.717) is 10.5 Å². The number of hydrogen-bond donors (Lipinski definition) is 0. The molecule has 0 saturated carbocycles. The lowest BCUT2D eigenvalue weighted by Crippen LogP contribution is -2.08. The Labute approximate surface area is 80.7 Å². The van der Waals surface area contributed by atoms with Crippen molar-refractivity contribution in [2.24, 2.45) is 11.8 Å². The van der Waals surface area contributed by atoms with Gasteiger partial charge in [-0.2, -0.15) is 10.5 Å². The second kappa shape index (κ2) is 6.71. The molecule has 2 atom stereocenters. The van der Waals surface area contributed by atoms with Crippen LogP contribution in [0.5, 0.6) is 0 Å². The maximum atomic E-state index is 4.15. The van der Waals surface area contributed by atoms with Crippen molar-refractivity contribution >= 4 is 16.4 Å². The van der Waals surface area contributed by atoms with Crippen molar-refractivity contribution in [1.82, 2.24) is 0 Å². The highest BCUT2D eigenvalue weighted by Crippen LogP contribution is 2.22. The molecule has 1 heteroatoms. The summed E-state index contributed by atoms with van der Waals surface area (Å²) < 4.78 is 0. The lowest BCUT2D eigenvalue weighted by molar-refractivity contribution is 0.364. The predicted molar refractivity (Wildman–Crippen MR) is 63.4 cm³/mol. The Morgan fingerprint density at radius 3 is 2.17 bits per heavy atom. The van der Waals surface area contributed by atoms with Gasteiger partial charge in [-0.15, -0.1) is 0 Å². The summed E-state index contributed by atoms with van der Waals surface area (Å²) in [6.45, 7) is 9.22. The Balaban J connectivity index is 3.65. The third-order valence-electron chi connectivity index (χ3n) is 2.65. The molecule has 12 heavy (non-hydrogen) atoms. The molecule has 74 valence electrons. The SMILES string of the molecule is C=S(CC)CCC(CC)C(C)C. The van der Waals surface area contributed by atoms with Gasteiger partial charge in [-0.05, 0) is 29.8 Å². The van der Waals surface area contributed by atoms with Gasteiger partial charge in [-0.25, -0.2) is 0 Å². The summed E-state index contributed by atoms with van der Waals surface area (Å²) in [4.78, 5) is 0. The smallest absolute Gasteiger partial charge is 0.0120 e. The first-order valence-electron chi connectivity index (χ1n) is 5.08. The minimum Gasteiger partial charge on any atom is -0.193 e. The molecule has 0 aromatic rings.